The van der Waals surface area contributed by atoms with Gasteiger partial charge in [-0.25, -0.2) is 9.37 Å². The smallest absolute Gasteiger partial charge is 0.275 e. The number of hydrogen-bond acceptors (Lipinski definition) is 5. The Balaban J connectivity index is 1.64. The van der Waals surface area contributed by atoms with Gasteiger partial charge in [0.05, 0.1) is 11.3 Å². The van der Waals surface area contributed by atoms with E-state index in [0.717, 1.165) is 6.42 Å². The van der Waals surface area contributed by atoms with Crippen LogP contribution in [-0.4, -0.2) is 22.8 Å². The van der Waals surface area contributed by atoms with Crippen LogP contribution in [0.5, 0.6) is 5.75 Å². The molecule has 0 saturated heterocycles. The molecule has 1 aromatic heterocycles. The predicted octanol–water partition coefficient (Wildman–Crippen LogP) is 4.64. The molecule has 2 N–H and O–H groups in total. The topological polar surface area (TPSA) is 80.3 Å². The summed E-state index contributed by atoms with van der Waals surface area (Å²) in [5.74, 6) is -0.484. The van der Waals surface area contributed by atoms with Crippen LogP contribution in [0.1, 0.15) is 46.1 Å². The van der Waals surface area contributed by atoms with Crippen LogP contribution in [-0.2, 0) is 6.61 Å². The van der Waals surface area contributed by atoms with E-state index in [1.807, 2.05) is 13.8 Å². The normalized spacial score (nSPS) is 11.6. The summed E-state index contributed by atoms with van der Waals surface area (Å²) in [6.07, 6.45) is 0.807. The van der Waals surface area contributed by atoms with Crippen molar-refractivity contribution in [2.45, 2.75) is 32.9 Å². The van der Waals surface area contributed by atoms with Crippen molar-refractivity contribution in [3.05, 3.63) is 76.0 Å². The number of hydrogen-bond donors (Lipinski definition) is 2. The van der Waals surface area contributed by atoms with E-state index in [2.05, 4.69) is 15.6 Å². The van der Waals surface area contributed by atoms with Crippen LogP contribution in [0.2, 0.25) is 0 Å². The lowest BCUT2D eigenvalue weighted by atomic mass is 10.1. The lowest BCUT2D eigenvalue weighted by molar-refractivity contribution is 0.0940. The Bertz CT molecular complexity index is 1020. The molecule has 1 atom stereocenters. The quantitative estimate of drug-likeness (QED) is 0.549. The first kappa shape index (κ1) is 21.4. The number of para-hydroxylation sites is 1. The first-order valence-corrected chi connectivity index (χ1v) is 10.4. The van der Waals surface area contributed by atoms with Gasteiger partial charge in [0.1, 0.15) is 28.9 Å². The van der Waals surface area contributed by atoms with Gasteiger partial charge in [0.2, 0.25) is 0 Å². The van der Waals surface area contributed by atoms with Crippen molar-refractivity contribution >= 4 is 28.8 Å². The molecular weight excluding hydrogens is 405 g/mol. The van der Waals surface area contributed by atoms with E-state index in [1.54, 1.807) is 29.6 Å². The molecule has 1 heterocycles. The molecule has 1 unspecified atom stereocenters. The summed E-state index contributed by atoms with van der Waals surface area (Å²) in [6, 6.07) is 12.5. The Labute approximate surface area is 178 Å². The summed E-state index contributed by atoms with van der Waals surface area (Å²) in [6.45, 7) is 4.07. The molecule has 8 heteroatoms. The predicted molar refractivity (Wildman–Crippen MR) is 114 cm³/mol. The molecule has 0 aliphatic rings. The molecule has 3 rings (SSSR count). The number of aromatic nitrogens is 1. The number of thiazole rings is 1. The number of benzene rings is 2. The monoisotopic (exact) mass is 427 g/mol. The minimum atomic E-state index is -0.414. The molecule has 2 amide bonds. The second-order valence-corrected chi connectivity index (χ2v) is 7.59. The summed E-state index contributed by atoms with van der Waals surface area (Å²) in [7, 11) is 0. The van der Waals surface area contributed by atoms with Crippen LogP contribution in [0.15, 0.2) is 53.9 Å². The molecule has 30 heavy (non-hydrogen) atoms. The third kappa shape index (κ3) is 5.64. The van der Waals surface area contributed by atoms with Crippen LogP contribution in [0.4, 0.5) is 10.1 Å². The Morgan fingerprint density at radius 3 is 2.60 bits per heavy atom. The molecular formula is C22H22FN3O3S. The maximum atomic E-state index is 12.9. The van der Waals surface area contributed by atoms with Crippen molar-refractivity contribution in [1.82, 2.24) is 10.3 Å². The van der Waals surface area contributed by atoms with Gasteiger partial charge in [0.15, 0.2) is 0 Å². The van der Waals surface area contributed by atoms with Gasteiger partial charge >= 0.3 is 0 Å². The van der Waals surface area contributed by atoms with Gasteiger partial charge < -0.3 is 15.4 Å². The molecule has 3 aromatic rings. The van der Waals surface area contributed by atoms with Gasteiger partial charge in [-0.1, -0.05) is 19.1 Å². The average molecular weight is 428 g/mol. The summed E-state index contributed by atoms with van der Waals surface area (Å²) in [5, 5.41) is 7.88. The SMILES string of the molecule is CCC(C)NC(=O)c1ccccc1NC(=O)c1csc(COc2ccc(F)cc2)n1. The van der Waals surface area contributed by atoms with Crippen molar-refractivity contribution in [1.29, 1.82) is 0 Å². The molecule has 6 nitrogen and oxygen atoms in total. The largest absolute Gasteiger partial charge is 0.486 e. The van der Waals surface area contributed by atoms with Gasteiger partial charge in [-0.05, 0) is 49.7 Å². The fourth-order valence-electron chi connectivity index (χ4n) is 2.54. The molecule has 0 saturated carbocycles. The number of anilines is 1. The molecule has 2 aromatic carbocycles. The van der Waals surface area contributed by atoms with Gasteiger partial charge in [0.25, 0.3) is 11.8 Å². The van der Waals surface area contributed by atoms with Crippen LogP contribution in [0, 0.1) is 5.82 Å². The third-order valence-electron chi connectivity index (χ3n) is 4.37. The number of nitrogens with zero attached hydrogens (tertiary/aromatic N) is 1. The Morgan fingerprint density at radius 2 is 1.87 bits per heavy atom. The molecule has 0 fully saturated rings. The summed E-state index contributed by atoms with van der Waals surface area (Å²) >= 11 is 1.28. The minimum absolute atomic E-state index is 0.0310. The summed E-state index contributed by atoms with van der Waals surface area (Å²) in [4.78, 5) is 29.4. The van der Waals surface area contributed by atoms with E-state index >= 15 is 0 Å². The second-order valence-electron chi connectivity index (χ2n) is 6.65. The number of amides is 2. The van der Waals surface area contributed by atoms with Gasteiger partial charge in [-0.2, -0.15) is 0 Å². The maximum Gasteiger partial charge on any atom is 0.275 e. The van der Waals surface area contributed by atoms with Crippen LogP contribution >= 0.6 is 11.3 Å². The Hall–Kier alpha value is -3.26. The zero-order chi connectivity index (χ0) is 21.5. The Kier molecular flexibility index (Phi) is 7.13. The molecule has 0 aliphatic carbocycles. The highest BCUT2D eigenvalue weighted by molar-refractivity contribution is 7.09. The molecule has 156 valence electrons. The van der Waals surface area contributed by atoms with E-state index < -0.39 is 5.91 Å². The third-order valence-corrected chi connectivity index (χ3v) is 5.19. The molecule has 0 aliphatic heterocycles. The minimum Gasteiger partial charge on any atom is -0.486 e. The van der Waals surface area contributed by atoms with Crippen molar-refractivity contribution in [3.63, 3.8) is 0 Å². The lowest BCUT2D eigenvalue weighted by Crippen LogP contribution is -2.32. The zero-order valence-corrected chi connectivity index (χ0v) is 17.5. The van der Waals surface area contributed by atoms with Crippen molar-refractivity contribution in [2.24, 2.45) is 0 Å². The highest BCUT2D eigenvalue weighted by Crippen LogP contribution is 2.19. The van der Waals surface area contributed by atoms with Gasteiger partial charge in [-0.3, -0.25) is 9.59 Å². The van der Waals surface area contributed by atoms with Crippen molar-refractivity contribution < 1.29 is 18.7 Å². The molecule has 0 spiro atoms. The van der Waals surface area contributed by atoms with Crippen LogP contribution in [0.3, 0.4) is 0 Å². The lowest BCUT2D eigenvalue weighted by Gasteiger charge is -2.14. The van der Waals surface area contributed by atoms with Crippen LogP contribution < -0.4 is 15.4 Å². The second kappa shape index (κ2) is 9.98. The van der Waals surface area contributed by atoms with Crippen molar-refractivity contribution in [2.75, 3.05) is 5.32 Å². The zero-order valence-electron chi connectivity index (χ0n) is 16.6. The molecule has 0 bridgehead atoms. The number of carbonyl (C=O) groups is 2. The average Bonchev–Trinajstić information content (AvgIpc) is 3.23. The standard InChI is InChI=1S/C22H22FN3O3S/c1-3-14(2)24-21(27)17-6-4-5-7-18(17)26-22(28)19-13-30-20(25-19)12-29-16-10-8-15(23)9-11-16/h4-11,13-14H,3,12H2,1-2H3,(H,24,27)(H,26,28). The van der Waals surface area contributed by atoms with E-state index in [0.29, 0.717) is 22.0 Å². The number of ether oxygens (including phenoxy) is 1. The first-order chi connectivity index (χ1) is 14.5. The van der Waals surface area contributed by atoms with E-state index in [-0.39, 0.29) is 30.1 Å². The highest BCUT2D eigenvalue weighted by atomic mass is 32.1. The maximum absolute atomic E-state index is 12.9. The molecule has 0 radical (unpaired) electrons. The van der Waals surface area contributed by atoms with Gasteiger partial charge in [-0.15, -0.1) is 11.3 Å². The fraction of sp³-hybridized carbons (Fsp3) is 0.227. The van der Waals surface area contributed by atoms with Gasteiger partial charge in [0, 0.05) is 11.4 Å². The van der Waals surface area contributed by atoms with E-state index in [9.17, 15) is 14.0 Å². The number of carbonyl (C=O) groups excluding carboxylic acids is 2. The number of rotatable bonds is 8. The number of halogens is 1. The summed E-state index contributed by atoms with van der Waals surface area (Å²) in [5.41, 5.74) is 1.04. The van der Waals surface area contributed by atoms with E-state index in [4.69, 9.17) is 4.74 Å². The van der Waals surface area contributed by atoms with E-state index in [1.165, 1.54) is 35.6 Å². The summed E-state index contributed by atoms with van der Waals surface area (Å²) < 4.78 is 18.5. The highest BCUT2D eigenvalue weighted by Gasteiger charge is 2.17. The fourth-order valence-corrected chi connectivity index (χ4v) is 3.22. The Morgan fingerprint density at radius 1 is 1.13 bits per heavy atom. The number of nitrogens with one attached hydrogen (secondary N) is 2. The first-order valence-electron chi connectivity index (χ1n) is 9.50. The van der Waals surface area contributed by atoms with Crippen LogP contribution in [0.25, 0.3) is 0 Å². The van der Waals surface area contributed by atoms with Crippen molar-refractivity contribution in [3.8, 4) is 5.75 Å².